The molecular formula is C28H52BNNaO11. The van der Waals surface area contributed by atoms with Crippen molar-refractivity contribution in [2.75, 3.05) is 28.4 Å². The summed E-state index contributed by atoms with van der Waals surface area (Å²) in [5.74, 6) is -1.35. The molecule has 0 aromatic heterocycles. The molecule has 42 heavy (non-hydrogen) atoms. The molecule has 3 aliphatic rings. The predicted molar refractivity (Wildman–Crippen MR) is 153 cm³/mol. The van der Waals surface area contributed by atoms with Gasteiger partial charge in [0.15, 0.2) is 0 Å². The van der Waals surface area contributed by atoms with Crippen molar-refractivity contribution < 1.29 is 82.5 Å². The molecule has 0 spiro atoms. The van der Waals surface area contributed by atoms with E-state index >= 15 is 0 Å². The fraction of sp³-hybridized carbons (Fsp3) is 0.857. The van der Waals surface area contributed by atoms with E-state index in [1.54, 1.807) is 14.2 Å². The van der Waals surface area contributed by atoms with Gasteiger partial charge in [0.25, 0.3) is 0 Å². The summed E-state index contributed by atoms with van der Waals surface area (Å²) in [7, 11) is 11.6. The predicted octanol–water partition coefficient (Wildman–Crippen LogP) is -0.0912. The molecular weight excluding hydrogens is 560 g/mol. The van der Waals surface area contributed by atoms with Crippen LogP contribution in [0.1, 0.15) is 97.8 Å². The minimum Gasteiger partial charge on any atom is -0.793 e. The van der Waals surface area contributed by atoms with Gasteiger partial charge in [-0.05, 0) is 71.3 Å². The second-order valence-electron chi connectivity index (χ2n) is 9.90. The van der Waals surface area contributed by atoms with E-state index < -0.39 is 17.9 Å². The van der Waals surface area contributed by atoms with Crippen LogP contribution in [0.15, 0.2) is 0 Å². The topological polar surface area (TPSA) is 156 Å². The van der Waals surface area contributed by atoms with E-state index in [0.717, 1.165) is 71.3 Å². The maximum absolute atomic E-state index is 10.7. The zero-order chi connectivity index (χ0) is 31.6. The molecule has 3 radical (unpaired) electrons. The van der Waals surface area contributed by atoms with Gasteiger partial charge in [0.1, 0.15) is 5.78 Å². The Labute approximate surface area is 275 Å². The summed E-state index contributed by atoms with van der Waals surface area (Å²) in [6.45, 7) is 3.52. The molecule has 0 amide bonds. The van der Waals surface area contributed by atoms with Crippen molar-refractivity contribution in [2.24, 2.45) is 0 Å². The van der Waals surface area contributed by atoms with Crippen molar-refractivity contribution >= 4 is 31.7 Å². The van der Waals surface area contributed by atoms with E-state index in [1.165, 1.54) is 32.6 Å². The van der Waals surface area contributed by atoms with E-state index in [1.807, 2.05) is 14.2 Å². The maximum atomic E-state index is 10.7. The average Bonchev–Trinajstić information content (AvgIpc) is 2.98. The van der Waals surface area contributed by atoms with Gasteiger partial charge in [-0.25, -0.2) is 19.4 Å². The molecule has 3 rings (SSSR count). The number of nitrogens with one attached hydrogen (secondary N) is 1. The smallest absolute Gasteiger partial charge is 0.793 e. The Bertz CT molecular complexity index is 665. The van der Waals surface area contributed by atoms with Crippen LogP contribution in [0.4, 0.5) is 0 Å². The Kier molecular flexibility index (Phi) is 32.4. The van der Waals surface area contributed by atoms with Gasteiger partial charge >= 0.3 is 41.5 Å². The monoisotopic (exact) mass is 612 g/mol. The molecule has 239 valence electrons. The van der Waals surface area contributed by atoms with Crippen LogP contribution < -0.4 is 34.9 Å². The Morgan fingerprint density at radius 1 is 0.690 bits per heavy atom. The van der Waals surface area contributed by atoms with Crippen molar-refractivity contribution in [1.29, 1.82) is 0 Å². The molecule has 0 aromatic rings. The van der Waals surface area contributed by atoms with E-state index in [9.17, 15) is 19.2 Å². The van der Waals surface area contributed by atoms with Crippen LogP contribution in [0.5, 0.6) is 0 Å². The van der Waals surface area contributed by atoms with Gasteiger partial charge in [0.05, 0.1) is 24.4 Å². The van der Waals surface area contributed by atoms with Gasteiger partial charge in [-0.3, -0.25) is 9.59 Å². The number of hydrogen-bond acceptors (Lipinski definition) is 12. The number of methoxy groups -OCH3 is 3. The van der Waals surface area contributed by atoms with Crippen molar-refractivity contribution in [3.8, 4) is 0 Å². The summed E-state index contributed by atoms with van der Waals surface area (Å²) in [5, 5.41) is 12.4. The number of carbonyl (C=O) groups excluding carboxylic acids is 4. The van der Waals surface area contributed by atoms with Crippen molar-refractivity contribution in [3.05, 3.63) is 0 Å². The quantitative estimate of drug-likeness (QED) is 0.248. The first kappa shape index (κ1) is 45.4. The van der Waals surface area contributed by atoms with Crippen LogP contribution >= 0.6 is 0 Å². The second kappa shape index (κ2) is 30.0. The third-order valence-electron chi connectivity index (χ3n) is 6.66. The molecule has 14 heteroatoms. The standard InChI is InChI=1S/C8H17NO.C7H14O2.C7H12O2.C4H6O4.C2H3BO2.Na/c1-9-7-3-5-8(10-2)6-4-7;2*1-9-7-4-2-6(8)3-5-7;1-3(5)7-8-4(2)6;1-2(4)5-3;/h7-9H,3-6H2,1-2H3;6-8H,2-5H2,1H3;7H,2-5H2,1H3;1-2H3;1H3;/q;;;;-1;+1. The fourth-order valence-electron chi connectivity index (χ4n) is 4.13. The Balaban J connectivity index is -0.000000457. The number of hydrogen-bond donors (Lipinski definition) is 2. The molecule has 0 atom stereocenters. The first-order chi connectivity index (χ1) is 19.4. The third kappa shape index (κ3) is 29.0. The van der Waals surface area contributed by atoms with Gasteiger partial charge in [-0.1, -0.05) is 0 Å². The van der Waals surface area contributed by atoms with Gasteiger partial charge in [-0.2, -0.15) is 0 Å². The van der Waals surface area contributed by atoms with Crippen molar-refractivity contribution in [1.82, 2.24) is 5.32 Å². The minimum atomic E-state index is -0.639. The van der Waals surface area contributed by atoms with Gasteiger partial charge in [-0.15, -0.1) is 0 Å². The van der Waals surface area contributed by atoms with Gasteiger partial charge in [0.2, 0.25) is 5.97 Å². The molecule has 0 bridgehead atoms. The molecule has 0 heterocycles. The first-order valence-corrected chi connectivity index (χ1v) is 14.1. The molecule has 2 N–H and O–H groups in total. The van der Waals surface area contributed by atoms with Crippen LogP contribution in [0.25, 0.3) is 0 Å². The van der Waals surface area contributed by atoms with Crippen LogP contribution in [-0.2, 0) is 47.8 Å². The molecule has 0 aromatic carbocycles. The van der Waals surface area contributed by atoms with Crippen molar-refractivity contribution in [2.45, 2.75) is 128 Å². The Hall–Kier alpha value is -1.06. The van der Waals surface area contributed by atoms with Crippen LogP contribution in [0, 0.1) is 0 Å². The molecule has 0 aliphatic heterocycles. The zero-order valence-corrected chi connectivity index (χ0v) is 29.0. The third-order valence-corrected chi connectivity index (χ3v) is 6.66. The summed E-state index contributed by atoms with van der Waals surface area (Å²) < 4.78 is 19.1. The number of aliphatic hydroxyl groups is 1. The number of ether oxygens (including phenoxy) is 3. The molecule has 3 fully saturated rings. The Morgan fingerprint density at radius 3 is 1.31 bits per heavy atom. The molecule has 12 nitrogen and oxygen atoms in total. The van der Waals surface area contributed by atoms with Crippen LogP contribution in [0.3, 0.4) is 0 Å². The summed E-state index contributed by atoms with van der Waals surface area (Å²) in [6.07, 6.45) is 13.4. The number of rotatable bonds is 4. The van der Waals surface area contributed by atoms with E-state index in [-0.39, 0.29) is 35.7 Å². The van der Waals surface area contributed by atoms with Gasteiger partial charge < -0.3 is 37.3 Å². The molecule has 0 saturated heterocycles. The van der Waals surface area contributed by atoms with Crippen molar-refractivity contribution in [3.63, 3.8) is 0 Å². The molecule has 3 aliphatic carbocycles. The molecule has 0 unspecified atom stereocenters. The van der Waals surface area contributed by atoms with Gasteiger partial charge in [0, 0.05) is 61.0 Å². The minimum absolute atomic E-state index is 0. The fourth-order valence-corrected chi connectivity index (χ4v) is 4.13. The summed E-state index contributed by atoms with van der Waals surface area (Å²) in [6, 6.07) is 0.742. The number of ketones is 1. The number of carbonyl (C=O) groups is 4. The molecule has 3 saturated carbocycles. The van der Waals surface area contributed by atoms with E-state index in [2.05, 4.69) is 27.8 Å². The Morgan fingerprint density at radius 2 is 1.02 bits per heavy atom. The van der Waals surface area contributed by atoms with Crippen LogP contribution in [0.2, 0.25) is 0 Å². The van der Waals surface area contributed by atoms with E-state index in [4.69, 9.17) is 19.3 Å². The second-order valence-corrected chi connectivity index (χ2v) is 9.90. The van der Waals surface area contributed by atoms with Crippen LogP contribution in [-0.4, -0.2) is 95.7 Å². The largest absolute Gasteiger partial charge is 1.00 e. The summed E-state index contributed by atoms with van der Waals surface area (Å²) >= 11 is 0. The number of Topliss-reactive ketones (excluding diaryl/α,β-unsaturated/α-hetero) is 1. The summed E-state index contributed by atoms with van der Waals surface area (Å²) in [5.41, 5.74) is 0. The first-order valence-electron chi connectivity index (χ1n) is 14.1. The zero-order valence-electron chi connectivity index (χ0n) is 27.0. The normalized spacial score (nSPS) is 23.1. The average molecular weight is 613 g/mol. The number of aliphatic hydroxyl groups excluding tert-OH is 1. The SMILES string of the molecule is CC(=O)OOC(C)=O.CNC1CCC(OC)CC1.COC1CCC(=O)CC1.COC1CCC(O)CC1.[B-]OC(C)=O.[Na+]. The van der Waals surface area contributed by atoms with E-state index in [0.29, 0.717) is 24.1 Å². The maximum Gasteiger partial charge on any atom is 1.00 e. The summed E-state index contributed by atoms with van der Waals surface area (Å²) in [4.78, 5) is 47.5.